The molecule has 0 radical (unpaired) electrons. The second-order valence-corrected chi connectivity index (χ2v) is 6.37. The van der Waals surface area contributed by atoms with Crippen LogP contribution >= 0.6 is 0 Å². The summed E-state index contributed by atoms with van der Waals surface area (Å²) in [5.74, 6) is -0.419. The fraction of sp³-hybridized carbons (Fsp3) is 0.286. The molecule has 140 valence electrons. The summed E-state index contributed by atoms with van der Waals surface area (Å²) in [5.41, 5.74) is 2.42. The van der Waals surface area contributed by atoms with Gasteiger partial charge in [0.25, 0.3) is 11.5 Å². The average Bonchev–Trinajstić information content (AvgIpc) is 2.71. The Balaban J connectivity index is 1.66. The molecule has 2 heterocycles. The number of hydrogen-bond acceptors (Lipinski definition) is 4. The fourth-order valence-corrected chi connectivity index (χ4v) is 2.93. The Labute approximate surface area is 158 Å². The van der Waals surface area contributed by atoms with Gasteiger partial charge in [0.05, 0.1) is 0 Å². The van der Waals surface area contributed by atoms with E-state index in [9.17, 15) is 9.59 Å². The molecule has 3 rings (SSSR count). The normalized spacial score (nSPS) is 11.1. The molecule has 0 unspecified atom stereocenters. The Bertz CT molecular complexity index is 975. The van der Waals surface area contributed by atoms with Crippen LogP contribution in [0, 0.1) is 0 Å². The minimum absolute atomic E-state index is 0.0388. The van der Waals surface area contributed by atoms with Gasteiger partial charge in [-0.15, -0.1) is 0 Å². The molecule has 27 heavy (non-hydrogen) atoms. The highest BCUT2D eigenvalue weighted by Crippen LogP contribution is 2.08. The van der Waals surface area contributed by atoms with Crippen LogP contribution in [0.4, 0.5) is 0 Å². The maximum atomic E-state index is 12.4. The van der Waals surface area contributed by atoms with Crippen molar-refractivity contribution >= 4 is 11.6 Å². The van der Waals surface area contributed by atoms with Crippen molar-refractivity contribution in [1.29, 1.82) is 0 Å². The highest BCUT2D eigenvalue weighted by molar-refractivity contribution is 5.93. The molecule has 6 heteroatoms. The van der Waals surface area contributed by atoms with Crippen molar-refractivity contribution in [3.8, 4) is 0 Å². The smallest absolute Gasteiger partial charge is 0.270 e. The molecule has 0 aliphatic carbocycles. The SMILES string of the molecule is CCN(CC)Cc1ccc(CNC(=O)c2cnc3ccccn3c2=O)cc1. The lowest BCUT2D eigenvalue weighted by molar-refractivity contribution is 0.0949. The summed E-state index contributed by atoms with van der Waals surface area (Å²) in [7, 11) is 0. The molecular formula is C21H24N4O2. The maximum absolute atomic E-state index is 12.4. The third-order valence-corrected chi connectivity index (χ3v) is 4.63. The van der Waals surface area contributed by atoms with Gasteiger partial charge in [0, 0.05) is 25.5 Å². The first kappa shape index (κ1) is 18.8. The third-order valence-electron chi connectivity index (χ3n) is 4.63. The first-order valence-electron chi connectivity index (χ1n) is 9.17. The Morgan fingerprint density at radius 3 is 2.48 bits per heavy atom. The molecule has 0 fully saturated rings. The van der Waals surface area contributed by atoms with Crippen molar-refractivity contribution in [3.63, 3.8) is 0 Å². The zero-order valence-corrected chi connectivity index (χ0v) is 15.7. The van der Waals surface area contributed by atoms with E-state index in [-0.39, 0.29) is 11.1 Å². The third kappa shape index (κ3) is 4.41. The van der Waals surface area contributed by atoms with Crippen LogP contribution in [-0.4, -0.2) is 33.3 Å². The number of rotatable bonds is 7. The van der Waals surface area contributed by atoms with Crippen LogP contribution in [0.25, 0.3) is 5.65 Å². The second kappa shape index (κ2) is 8.60. The molecule has 2 aromatic heterocycles. The monoisotopic (exact) mass is 364 g/mol. The second-order valence-electron chi connectivity index (χ2n) is 6.37. The Hall–Kier alpha value is -2.99. The van der Waals surface area contributed by atoms with E-state index in [2.05, 4.69) is 41.2 Å². The van der Waals surface area contributed by atoms with Gasteiger partial charge in [-0.2, -0.15) is 0 Å². The molecule has 3 aromatic rings. The number of carbonyl (C=O) groups is 1. The highest BCUT2D eigenvalue weighted by Gasteiger charge is 2.12. The summed E-state index contributed by atoms with van der Waals surface area (Å²) in [6, 6.07) is 13.4. The van der Waals surface area contributed by atoms with E-state index in [0.717, 1.165) is 25.2 Å². The van der Waals surface area contributed by atoms with Crippen molar-refractivity contribution in [2.24, 2.45) is 0 Å². The predicted molar refractivity (Wildman–Crippen MR) is 106 cm³/mol. The van der Waals surface area contributed by atoms with Gasteiger partial charge in [-0.25, -0.2) is 4.98 Å². The van der Waals surface area contributed by atoms with E-state index in [1.807, 2.05) is 12.1 Å². The summed E-state index contributed by atoms with van der Waals surface area (Å²) in [6.45, 7) is 7.61. The quantitative estimate of drug-likeness (QED) is 0.699. The summed E-state index contributed by atoms with van der Waals surface area (Å²) < 4.78 is 1.37. The van der Waals surface area contributed by atoms with Gasteiger partial charge in [0.15, 0.2) is 0 Å². The molecule has 1 N–H and O–H groups in total. The van der Waals surface area contributed by atoms with Gasteiger partial charge in [-0.1, -0.05) is 44.2 Å². The van der Waals surface area contributed by atoms with Crippen LogP contribution in [0.3, 0.4) is 0 Å². The summed E-state index contributed by atoms with van der Waals surface area (Å²) in [4.78, 5) is 31.4. The zero-order chi connectivity index (χ0) is 19.2. The number of fused-ring (bicyclic) bond motifs is 1. The minimum Gasteiger partial charge on any atom is -0.348 e. The summed E-state index contributed by atoms with van der Waals surface area (Å²) in [6.07, 6.45) is 2.94. The van der Waals surface area contributed by atoms with Crippen molar-refractivity contribution in [2.75, 3.05) is 13.1 Å². The molecule has 0 spiro atoms. The van der Waals surface area contributed by atoms with Crippen LogP contribution in [0.2, 0.25) is 0 Å². The Kier molecular flexibility index (Phi) is 5.98. The minimum atomic E-state index is -0.419. The largest absolute Gasteiger partial charge is 0.348 e. The Morgan fingerprint density at radius 1 is 1.07 bits per heavy atom. The number of hydrogen-bond donors (Lipinski definition) is 1. The first-order valence-corrected chi connectivity index (χ1v) is 9.17. The Morgan fingerprint density at radius 2 is 1.78 bits per heavy atom. The van der Waals surface area contributed by atoms with Gasteiger partial charge >= 0.3 is 0 Å². The number of pyridine rings is 1. The van der Waals surface area contributed by atoms with E-state index in [1.54, 1.807) is 24.4 Å². The van der Waals surface area contributed by atoms with Crippen molar-refractivity contribution in [1.82, 2.24) is 19.6 Å². The van der Waals surface area contributed by atoms with Crippen LogP contribution in [0.5, 0.6) is 0 Å². The van der Waals surface area contributed by atoms with Crippen LogP contribution in [-0.2, 0) is 13.1 Å². The van der Waals surface area contributed by atoms with Crippen LogP contribution in [0.15, 0.2) is 59.7 Å². The molecular weight excluding hydrogens is 340 g/mol. The summed E-state index contributed by atoms with van der Waals surface area (Å²) in [5, 5.41) is 2.80. The molecule has 0 atom stereocenters. The van der Waals surface area contributed by atoms with Crippen molar-refractivity contribution < 1.29 is 4.79 Å². The van der Waals surface area contributed by atoms with E-state index in [1.165, 1.54) is 16.2 Å². The lowest BCUT2D eigenvalue weighted by atomic mass is 10.1. The topological polar surface area (TPSA) is 66.7 Å². The van der Waals surface area contributed by atoms with E-state index in [4.69, 9.17) is 0 Å². The van der Waals surface area contributed by atoms with E-state index in [0.29, 0.717) is 12.2 Å². The van der Waals surface area contributed by atoms with Gasteiger partial charge < -0.3 is 5.32 Å². The number of aromatic nitrogens is 2. The molecule has 0 bridgehead atoms. The van der Waals surface area contributed by atoms with Crippen molar-refractivity contribution in [2.45, 2.75) is 26.9 Å². The first-order chi connectivity index (χ1) is 13.1. The zero-order valence-electron chi connectivity index (χ0n) is 15.7. The molecule has 0 aliphatic rings. The molecule has 1 amide bonds. The van der Waals surface area contributed by atoms with Crippen LogP contribution < -0.4 is 10.9 Å². The van der Waals surface area contributed by atoms with E-state index < -0.39 is 5.91 Å². The van der Waals surface area contributed by atoms with Gasteiger partial charge in [-0.05, 0) is 36.3 Å². The molecule has 0 saturated heterocycles. The highest BCUT2D eigenvalue weighted by atomic mass is 16.2. The fourth-order valence-electron chi connectivity index (χ4n) is 2.93. The maximum Gasteiger partial charge on any atom is 0.270 e. The standard InChI is InChI=1S/C21H24N4O2/c1-3-24(4-2)15-17-10-8-16(9-11-17)13-23-20(26)18-14-22-19-7-5-6-12-25(19)21(18)27/h5-12,14H,3-4,13,15H2,1-2H3,(H,23,26). The predicted octanol–water partition coefficient (Wildman–Crippen LogP) is 2.47. The molecule has 6 nitrogen and oxygen atoms in total. The summed E-state index contributed by atoms with van der Waals surface area (Å²) >= 11 is 0. The number of nitrogens with one attached hydrogen (secondary N) is 1. The average molecular weight is 364 g/mol. The lowest BCUT2D eigenvalue weighted by Gasteiger charge is -2.18. The number of carbonyl (C=O) groups excluding carboxylic acids is 1. The van der Waals surface area contributed by atoms with Crippen molar-refractivity contribution in [3.05, 3.63) is 81.9 Å². The number of amides is 1. The van der Waals surface area contributed by atoms with Gasteiger partial charge in [0.1, 0.15) is 11.2 Å². The number of benzene rings is 1. The molecule has 1 aromatic carbocycles. The van der Waals surface area contributed by atoms with E-state index >= 15 is 0 Å². The molecule has 0 saturated carbocycles. The van der Waals surface area contributed by atoms with Gasteiger partial charge in [0.2, 0.25) is 0 Å². The molecule has 0 aliphatic heterocycles. The van der Waals surface area contributed by atoms with Gasteiger partial charge in [-0.3, -0.25) is 18.9 Å². The lowest BCUT2D eigenvalue weighted by Crippen LogP contribution is -2.31. The number of nitrogens with zero attached hydrogens (tertiary/aromatic N) is 3. The van der Waals surface area contributed by atoms with Crippen LogP contribution in [0.1, 0.15) is 35.3 Å².